The van der Waals surface area contributed by atoms with Gasteiger partial charge in [0.1, 0.15) is 27.3 Å². The maximum absolute atomic E-state index is 13.2. The fourth-order valence-electron chi connectivity index (χ4n) is 2.25. The first kappa shape index (κ1) is 16.9. The summed E-state index contributed by atoms with van der Waals surface area (Å²) in [5.74, 6) is -0.548. The Morgan fingerprint density at radius 1 is 1.33 bits per heavy atom. The Balaban J connectivity index is 2.01. The first-order chi connectivity index (χ1) is 11.6. The summed E-state index contributed by atoms with van der Waals surface area (Å²) < 4.78 is 18.2. The van der Waals surface area contributed by atoms with Crippen molar-refractivity contribution in [2.75, 3.05) is 6.61 Å². The van der Waals surface area contributed by atoms with Crippen molar-refractivity contribution in [3.63, 3.8) is 0 Å². The zero-order valence-corrected chi connectivity index (χ0v) is 14.8. The summed E-state index contributed by atoms with van der Waals surface area (Å²) in [6.45, 7) is 3.92. The lowest BCUT2D eigenvalue weighted by Crippen LogP contribution is -2.16. The van der Waals surface area contributed by atoms with Gasteiger partial charge in [0.15, 0.2) is 0 Å². The number of carbonyl (C=O) groups is 1. The van der Waals surface area contributed by atoms with Crippen molar-refractivity contribution < 1.29 is 13.9 Å². The van der Waals surface area contributed by atoms with Crippen molar-refractivity contribution in [1.82, 2.24) is 9.97 Å². The number of thiophene rings is 1. The van der Waals surface area contributed by atoms with Crippen LogP contribution in [-0.4, -0.2) is 27.8 Å². The summed E-state index contributed by atoms with van der Waals surface area (Å²) in [7, 11) is 0. The van der Waals surface area contributed by atoms with Gasteiger partial charge in [0.25, 0.3) is 0 Å². The number of hydrogen-bond acceptors (Lipinski definition) is 6. The SMILES string of the molecule is CCOC(=O)[C@@H](C)Sc1ncnc2scc(-c3ccc(F)cc3)c12. The lowest BCUT2D eigenvalue weighted by atomic mass is 10.1. The number of aromatic nitrogens is 2. The Morgan fingerprint density at radius 3 is 2.79 bits per heavy atom. The predicted molar refractivity (Wildman–Crippen MR) is 94.8 cm³/mol. The zero-order chi connectivity index (χ0) is 17.1. The quantitative estimate of drug-likeness (QED) is 0.379. The van der Waals surface area contributed by atoms with Gasteiger partial charge >= 0.3 is 5.97 Å². The van der Waals surface area contributed by atoms with Gasteiger partial charge in [0.2, 0.25) is 0 Å². The third-order valence-corrected chi connectivity index (χ3v) is 5.36. The molecule has 124 valence electrons. The highest BCUT2D eigenvalue weighted by molar-refractivity contribution is 8.00. The van der Waals surface area contributed by atoms with Gasteiger partial charge in [-0.2, -0.15) is 0 Å². The molecule has 0 bridgehead atoms. The molecule has 0 aliphatic carbocycles. The van der Waals surface area contributed by atoms with E-state index in [4.69, 9.17) is 4.74 Å². The molecule has 0 radical (unpaired) electrons. The number of carbonyl (C=O) groups excluding carboxylic acids is 1. The maximum atomic E-state index is 13.2. The maximum Gasteiger partial charge on any atom is 0.319 e. The second kappa shape index (κ2) is 7.27. The van der Waals surface area contributed by atoms with E-state index in [9.17, 15) is 9.18 Å². The number of nitrogens with zero attached hydrogens (tertiary/aromatic N) is 2. The Morgan fingerprint density at radius 2 is 2.08 bits per heavy atom. The Labute approximate surface area is 147 Å². The number of hydrogen-bond donors (Lipinski definition) is 0. The molecule has 1 aromatic carbocycles. The van der Waals surface area contributed by atoms with E-state index < -0.39 is 0 Å². The van der Waals surface area contributed by atoms with Gasteiger partial charge in [0.05, 0.1) is 12.0 Å². The highest BCUT2D eigenvalue weighted by Crippen LogP contribution is 2.39. The van der Waals surface area contributed by atoms with Gasteiger partial charge in [-0.3, -0.25) is 4.79 Å². The van der Waals surface area contributed by atoms with Crippen molar-refractivity contribution in [2.45, 2.75) is 24.1 Å². The molecule has 0 amide bonds. The van der Waals surface area contributed by atoms with E-state index >= 15 is 0 Å². The van der Waals surface area contributed by atoms with Crippen LogP contribution in [-0.2, 0) is 9.53 Å². The molecule has 0 saturated heterocycles. The minimum atomic E-state index is -0.371. The topological polar surface area (TPSA) is 52.1 Å². The smallest absolute Gasteiger partial charge is 0.319 e. The fourth-order valence-corrected chi connectivity index (χ4v) is 4.17. The van der Waals surface area contributed by atoms with Crippen LogP contribution in [0.15, 0.2) is 41.0 Å². The second-order valence-electron chi connectivity index (χ2n) is 5.03. The number of rotatable bonds is 5. The minimum Gasteiger partial charge on any atom is -0.465 e. The summed E-state index contributed by atoms with van der Waals surface area (Å²) in [6.07, 6.45) is 1.49. The molecule has 0 aliphatic heterocycles. The van der Waals surface area contributed by atoms with Crippen molar-refractivity contribution in [3.05, 3.63) is 41.8 Å². The van der Waals surface area contributed by atoms with Crippen LogP contribution in [0.1, 0.15) is 13.8 Å². The van der Waals surface area contributed by atoms with E-state index in [1.807, 2.05) is 5.38 Å². The molecule has 0 saturated carbocycles. The van der Waals surface area contributed by atoms with Crippen molar-refractivity contribution in [2.24, 2.45) is 0 Å². The lowest BCUT2D eigenvalue weighted by Gasteiger charge is -2.11. The number of halogens is 1. The van der Waals surface area contributed by atoms with E-state index in [1.165, 1.54) is 41.6 Å². The Bertz CT molecular complexity index is 865. The predicted octanol–water partition coefficient (Wildman–Crippen LogP) is 4.54. The van der Waals surface area contributed by atoms with Crippen LogP contribution in [0.25, 0.3) is 21.3 Å². The van der Waals surface area contributed by atoms with Crippen LogP contribution < -0.4 is 0 Å². The average Bonchev–Trinajstić information content (AvgIpc) is 3.01. The molecular formula is C17H15FN2O2S2. The van der Waals surface area contributed by atoms with E-state index in [0.29, 0.717) is 6.61 Å². The van der Waals surface area contributed by atoms with Crippen molar-refractivity contribution >= 4 is 39.3 Å². The van der Waals surface area contributed by atoms with Gasteiger partial charge in [-0.05, 0) is 31.5 Å². The third-order valence-electron chi connectivity index (χ3n) is 3.40. The lowest BCUT2D eigenvalue weighted by molar-refractivity contribution is -0.142. The minimum absolute atomic E-state index is 0.271. The Kier molecular flexibility index (Phi) is 5.11. The molecule has 4 nitrogen and oxygen atoms in total. The van der Waals surface area contributed by atoms with Crippen LogP contribution in [0.5, 0.6) is 0 Å². The van der Waals surface area contributed by atoms with Gasteiger partial charge in [0, 0.05) is 10.9 Å². The molecule has 1 atom stereocenters. The average molecular weight is 362 g/mol. The second-order valence-corrected chi connectivity index (χ2v) is 7.21. The first-order valence-corrected chi connectivity index (χ1v) is 9.17. The van der Waals surface area contributed by atoms with E-state index in [0.717, 1.165) is 26.4 Å². The van der Waals surface area contributed by atoms with Crippen molar-refractivity contribution in [1.29, 1.82) is 0 Å². The molecule has 0 spiro atoms. The van der Waals surface area contributed by atoms with Crippen LogP contribution in [0.2, 0.25) is 0 Å². The van der Waals surface area contributed by atoms with Crippen LogP contribution in [0.4, 0.5) is 4.39 Å². The van der Waals surface area contributed by atoms with Crippen LogP contribution in [0.3, 0.4) is 0 Å². The standard InChI is InChI=1S/C17H15FN2O2S2/c1-3-22-17(21)10(2)24-16-14-13(8-23-15(14)19-9-20-16)11-4-6-12(18)7-5-11/h4-10H,3H2,1-2H3/t10-/m1/s1. The van der Waals surface area contributed by atoms with Gasteiger partial charge in [-0.25, -0.2) is 14.4 Å². The molecule has 0 fully saturated rings. The Hall–Kier alpha value is -1.99. The van der Waals surface area contributed by atoms with Crippen LogP contribution in [0, 0.1) is 5.82 Å². The van der Waals surface area contributed by atoms with Gasteiger partial charge in [-0.1, -0.05) is 23.9 Å². The molecule has 7 heteroatoms. The molecule has 0 N–H and O–H groups in total. The van der Waals surface area contributed by atoms with Crippen molar-refractivity contribution in [3.8, 4) is 11.1 Å². The van der Waals surface area contributed by atoms with E-state index in [2.05, 4.69) is 9.97 Å². The largest absolute Gasteiger partial charge is 0.465 e. The summed E-state index contributed by atoms with van der Waals surface area (Å²) in [6, 6.07) is 6.31. The number of ether oxygens (including phenoxy) is 1. The fraction of sp³-hybridized carbons (Fsp3) is 0.235. The molecular weight excluding hydrogens is 347 g/mol. The summed E-state index contributed by atoms with van der Waals surface area (Å²) in [5, 5.41) is 3.21. The molecule has 2 aromatic heterocycles. The normalized spacial score (nSPS) is 12.3. The molecule has 2 heterocycles. The highest BCUT2D eigenvalue weighted by Gasteiger charge is 2.20. The molecule has 3 rings (SSSR count). The number of thioether (sulfide) groups is 1. The van der Waals surface area contributed by atoms with E-state index in [1.54, 1.807) is 26.0 Å². The zero-order valence-electron chi connectivity index (χ0n) is 13.2. The van der Waals surface area contributed by atoms with E-state index in [-0.39, 0.29) is 17.0 Å². The monoisotopic (exact) mass is 362 g/mol. The van der Waals surface area contributed by atoms with Gasteiger partial charge < -0.3 is 4.74 Å². The molecule has 0 unspecified atom stereocenters. The molecule has 24 heavy (non-hydrogen) atoms. The summed E-state index contributed by atoms with van der Waals surface area (Å²) in [4.78, 5) is 21.4. The highest BCUT2D eigenvalue weighted by atomic mass is 32.2. The molecule has 3 aromatic rings. The molecule has 0 aliphatic rings. The number of benzene rings is 1. The third kappa shape index (κ3) is 3.42. The summed E-state index contributed by atoms with van der Waals surface area (Å²) in [5.41, 5.74) is 1.83. The van der Waals surface area contributed by atoms with Crippen LogP contribution >= 0.6 is 23.1 Å². The van der Waals surface area contributed by atoms with Gasteiger partial charge in [-0.15, -0.1) is 11.3 Å². The number of fused-ring (bicyclic) bond motifs is 1. The first-order valence-electron chi connectivity index (χ1n) is 7.41. The number of esters is 1. The summed E-state index contributed by atoms with van der Waals surface area (Å²) >= 11 is 2.84.